The van der Waals surface area contributed by atoms with Crippen molar-refractivity contribution < 1.29 is 18.1 Å². The Morgan fingerprint density at radius 2 is 1.97 bits per heavy atom. The fourth-order valence-corrected chi connectivity index (χ4v) is 3.13. The highest BCUT2D eigenvalue weighted by molar-refractivity contribution is 5.91. The van der Waals surface area contributed by atoms with Crippen LogP contribution in [-0.2, 0) is 12.6 Å². The van der Waals surface area contributed by atoms with Crippen LogP contribution in [0.15, 0.2) is 60.0 Å². The number of rotatable bonds is 7. The van der Waals surface area contributed by atoms with E-state index in [0.717, 1.165) is 18.9 Å². The number of nitro groups is 1. The van der Waals surface area contributed by atoms with E-state index in [1.165, 1.54) is 18.5 Å². The maximum absolute atomic E-state index is 13.4. The molecule has 1 aliphatic rings. The lowest BCUT2D eigenvalue weighted by atomic mass is 10.0. The molecule has 2 heterocycles. The summed E-state index contributed by atoms with van der Waals surface area (Å²) in [5, 5.41) is 15.6. The van der Waals surface area contributed by atoms with Crippen LogP contribution >= 0.6 is 0 Å². The van der Waals surface area contributed by atoms with Gasteiger partial charge in [-0.3, -0.25) is 20.5 Å². The fourth-order valence-electron chi connectivity index (χ4n) is 3.13. The van der Waals surface area contributed by atoms with Crippen molar-refractivity contribution in [3.8, 4) is 11.4 Å². The first-order valence-electron chi connectivity index (χ1n) is 9.72. The van der Waals surface area contributed by atoms with Crippen LogP contribution in [0.4, 0.5) is 24.7 Å². The van der Waals surface area contributed by atoms with Crippen LogP contribution < -0.4 is 5.43 Å². The Bertz CT molecular complexity index is 1160. The van der Waals surface area contributed by atoms with Gasteiger partial charge in [0, 0.05) is 47.8 Å². The molecule has 1 N–H and O–H groups in total. The number of hydrazone groups is 1. The molecule has 1 fully saturated rings. The highest BCUT2D eigenvalue weighted by Crippen LogP contribution is 2.34. The van der Waals surface area contributed by atoms with E-state index in [1.54, 1.807) is 30.3 Å². The number of nitrogens with one attached hydrogen (secondary N) is 1. The maximum atomic E-state index is 13.4. The van der Waals surface area contributed by atoms with Gasteiger partial charge in [-0.1, -0.05) is 18.2 Å². The average molecular weight is 442 g/mol. The fraction of sp³-hybridized carbons (Fsp3) is 0.238. The van der Waals surface area contributed by atoms with Gasteiger partial charge in [-0.25, -0.2) is 9.97 Å². The zero-order valence-corrected chi connectivity index (χ0v) is 16.6. The average Bonchev–Trinajstić information content (AvgIpc) is 3.62. The van der Waals surface area contributed by atoms with E-state index in [0.29, 0.717) is 16.8 Å². The quantitative estimate of drug-likeness (QED) is 0.317. The van der Waals surface area contributed by atoms with E-state index in [9.17, 15) is 23.3 Å². The van der Waals surface area contributed by atoms with Crippen molar-refractivity contribution in [3.63, 3.8) is 0 Å². The van der Waals surface area contributed by atoms with Crippen LogP contribution in [0.25, 0.3) is 11.4 Å². The van der Waals surface area contributed by atoms with Crippen LogP contribution in [0.1, 0.15) is 24.1 Å². The predicted octanol–water partition coefficient (Wildman–Crippen LogP) is 4.89. The molecule has 8 nitrogen and oxygen atoms in total. The van der Waals surface area contributed by atoms with Gasteiger partial charge in [-0.15, -0.1) is 0 Å². The van der Waals surface area contributed by atoms with Crippen molar-refractivity contribution in [2.24, 2.45) is 11.0 Å². The molecule has 0 aliphatic heterocycles. The van der Waals surface area contributed by atoms with Crippen molar-refractivity contribution >= 4 is 17.2 Å². The summed E-state index contributed by atoms with van der Waals surface area (Å²) in [7, 11) is 0. The minimum Gasteiger partial charge on any atom is -0.264 e. The summed E-state index contributed by atoms with van der Waals surface area (Å²) in [5.74, 6) is -0.159. The van der Waals surface area contributed by atoms with E-state index < -0.39 is 16.8 Å². The molecule has 1 saturated carbocycles. The van der Waals surface area contributed by atoms with E-state index in [4.69, 9.17) is 0 Å². The van der Waals surface area contributed by atoms with Crippen molar-refractivity contribution in [2.75, 3.05) is 5.43 Å². The monoisotopic (exact) mass is 442 g/mol. The molecular formula is C21H17F3N6O2. The Balaban J connectivity index is 1.65. The third kappa shape index (κ3) is 5.05. The molecule has 0 bridgehead atoms. The summed E-state index contributed by atoms with van der Waals surface area (Å²) in [5.41, 5.74) is 2.89. The largest absolute Gasteiger partial charge is 0.433 e. The summed E-state index contributed by atoms with van der Waals surface area (Å²) in [6.07, 6.45) is 0.114. The Hall–Kier alpha value is -3.89. The highest BCUT2D eigenvalue weighted by Gasteiger charge is 2.34. The van der Waals surface area contributed by atoms with Crippen LogP contribution in [0, 0.1) is 16.0 Å². The first kappa shape index (κ1) is 21.3. The summed E-state index contributed by atoms with van der Waals surface area (Å²) in [6.45, 7) is 0. The van der Waals surface area contributed by atoms with Crippen LogP contribution in [-0.4, -0.2) is 25.6 Å². The lowest BCUT2D eigenvalue weighted by Gasteiger charge is -2.11. The number of pyridine rings is 1. The molecule has 32 heavy (non-hydrogen) atoms. The molecule has 1 aliphatic carbocycles. The molecule has 0 radical (unpaired) electrons. The zero-order chi connectivity index (χ0) is 22.7. The van der Waals surface area contributed by atoms with Gasteiger partial charge in [-0.05, 0) is 30.9 Å². The Morgan fingerprint density at radius 1 is 1.19 bits per heavy atom. The molecule has 164 valence electrons. The normalized spacial score (nSPS) is 14.3. The number of anilines is 1. The van der Waals surface area contributed by atoms with Gasteiger partial charge in [0.25, 0.3) is 5.69 Å². The number of hydrogen-bond acceptors (Lipinski definition) is 7. The molecular weight excluding hydrogens is 425 g/mol. The molecule has 0 saturated heterocycles. The number of nitrogens with zero attached hydrogens (tertiary/aromatic N) is 5. The summed E-state index contributed by atoms with van der Waals surface area (Å²) < 4.78 is 40.1. The van der Waals surface area contributed by atoms with Gasteiger partial charge in [0.2, 0.25) is 0 Å². The third-order valence-electron chi connectivity index (χ3n) is 4.86. The number of benzene rings is 1. The van der Waals surface area contributed by atoms with Gasteiger partial charge in [0.1, 0.15) is 0 Å². The van der Waals surface area contributed by atoms with Crippen LogP contribution in [0.2, 0.25) is 0 Å². The molecule has 0 unspecified atom stereocenters. The van der Waals surface area contributed by atoms with E-state index >= 15 is 0 Å². The van der Waals surface area contributed by atoms with Crippen molar-refractivity contribution in [1.82, 2.24) is 15.0 Å². The molecule has 2 aromatic heterocycles. The number of halogens is 3. The smallest absolute Gasteiger partial charge is 0.264 e. The maximum Gasteiger partial charge on any atom is 0.433 e. The van der Waals surface area contributed by atoms with Crippen molar-refractivity contribution in [1.29, 1.82) is 0 Å². The van der Waals surface area contributed by atoms with Gasteiger partial charge in [0.15, 0.2) is 17.3 Å². The molecule has 0 spiro atoms. The molecule has 3 aromatic rings. The summed E-state index contributed by atoms with van der Waals surface area (Å²) in [4.78, 5) is 22.5. The number of nitro benzene ring substituents is 1. The number of hydrogen-bond donors (Lipinski definition) is 1. The highest BCUT2D eigenvalue weighted by atomic mass is 19.4. The zero-order valence-electron chi connectivity index (χ0n) is 16.6. The summed E-state index contributed by atoms with van der Waals surface area (Å²) in [6, 6.07) is 10.2. The Kier molecular flexibility index (Phi) is 5.80. The van der Waals surface area contributed by atoms with Gasteiger partial charge in [0.05, 0.1) is 4.92 Å². The second-order valence-corrected chi connectivity index (χ2v) is 7.25. The predicted molar refractivity (Wildman–Crippen MR) is 111 cm³/mol. The van der Waals surface area contributed by atoms with E-state index in [2.05, 4.69) is 25.5 Å². The van der Waals surface area contributed by atoms with Crippen molar-refractivity contribution in [3.05, 3.63) is 76.2 Å². The van der Waals surface area contributed by atoms with E-state index in [-0.39, 0.29) is 29.7 Å². The minimum absolute atomic E-state index is 0.0268. The van der Waals surface area contributed by atoms with Crippen LogP contribution in [0.5, 0.6) is 0 Å². The van der Waals surface area contributed by atoms with E-state index in [1.807, 2.05) is 0 Å². The van der Waals surface area contributed by atoms with Crippen LogP contribution in [0.3, 0.4) is 0 Å². The topological polar surface area (TPSA) is 106 Å². The number of aromatic nitrogens is 3. The Labute approximate surface area is 180 Å². The molecule has 4 rings (SSSR count). The minimum atomic E-state index is -4.68. The number of alkyl halides is 3. The first-order valence-corrected chi connectivity index (χ1v) is 9.72. The van der Waals surface area contributed by atoms with Crippen molar-refractivity contribution in [2.45, 2.75) is 25.4 Å². The van der Waals surface area contributed by atoms with Gasteiger partial charge >= 0.3 is 6.18 Å². The second-order valence-electron chi connectivity index (χ2n) is 7.25. The molecule has 11 heteroatoms. The standard InChI is InChI=1S/C21H17F3N6O2/c22-21(23,24)18-11-19(27-20(26-18)15-5-3-9-25-12-15)29-28-16(13-7-8-13)10-14-4-1-2-6-17(14)30(31)32/h1-6,9,11-13H,7-8,10H2,(H,26,27,29)/b28-16-. The van der Waals surface area contributed by atoms with Gasteiger partial charge < -0.3 is 0 Å². The SMILES string of the molecule is O=[N+]([O-])c1ccccc1C/C(=N/Nc1cc(C(F)(F)F)nc(-c2cccnc2)n1)C1CC1. The second kappa shape index (κ2) is 8.69. The Morgan fingerprint density at radius 3 is 2.62 bits per heavy atom. The third-order valence-corrected chi connectivity index (χ3v) is 4.86. The number of para-hydroxylation sites is 1. The molecule has 0 atom stereocenters. The first-order chi connectivity index (χ1) is 15.3. The van der Waals surface area contributed by atoms with Gasteiger partial charge in [-0.2, -0.15) is 18.3 Å². The lowest BCUT2D eigenvalue weighted by Crippen LogP contribution is -2.13. The summed E-state index contributed by atoms with van der Waals surface area (Å²) >= 11 is 0. The lowest BCUT2D eigenvalue weighted by molar-refractivity contribution is -0.385. The molecule has 0 amide bonds. The molecule has 1 aromatic carbocycles.